The van der Waals surface area contributed by atoms with Crippen molar-refractivity contribution in [1.82, 2.24) is 10.2 Å². The first-order chi connectivity index (χ1) is 13.4. The van der Waals surface area contributed by atoms with Gasteiger partial charge in [-0.1, -0.05) is 53.0 Å². The zero-order chi connectivity index (χ0) is 19.7. The zero-order valence-corrected chi connectivity index (χ0v) is 17.7. The molecule has 2 aliphatic rings. The molecule has 0 aromatic heterocycles. The van der Waals surface area contributed by atoms with Gasteiger partial charge in [-0.05, 0) is 74.9 Å². The number of hydrogen-bond acceptors (Lipinski definition) is 2. The molecule has 2 fully saturated rings. The Hall–Kier alpha value is -1.55. The molecule has 1 N–H and O–H groups in total. The predicted octanol–water partition coefficient (Wildman–Crippen LogP) is 5.13. The van der Waals surface area contributed by atoms with E-state index < -0.39 is 0 Å². The second-order valence-corrected chi connectivity index (χ2v) is 9.20. The van der Waals surface area contributed by atoms with Crippen LogP contribution in [0.2, 0.25) is 10.0 Å². The van der Waals surface area contributed by atoms with Crippen LogP contribution in [0.4, 0.5) is 0 Å². The number of piperidine rings is 1. The summed E-state index contributed by atoms with van der Waals surface area (Å²) in [5.74, 6) is -0.0759. The molecule has 2 aromatic carbocycles. The largest absolute Gasteiger partial charge is 0.349 e. The van der Waals surface area contributed by atoms with Gasteiger partial charge in [0.2, 0.25) is 0 Å². The van der Waals surface area contributed by atoms with E-state index >= 15 is 0 Å². The number of rotatable bonds is 5. The van der Waals surface area contributed by atoms with Crippen molar-refractivity contribution in [2.24, 2.45) is 5.41 Å². The highest BCUT2D eigenvalue weighted by Gasteiger charge is 2.55. The van der Waals surface area contributed by atoms with Gasteiger partial charge in [0.25, 0.3) is 5.91 Å². The number of halogens is 2. The van der Waals surface area contributed by atoms with Gasteiger partial charge in [-0.15, -0.1) is 0 Å². The maximum absolute atomic E-state index is 12.5. The highest BCUT2D eigenvalue weighted by atomic mass is 35.5. The Morgan fingerprint density at radius 3 is 2.39 bits per heavy atom. The summed E-state index contributed by atoms with van der Waals surface area (Å²) in [7, 11) is 0. The molecule has 4 rings (SSSR count). The standard InChI is InChI=1S/C23H26Cl2N2O/c1-16-2-4-17(5-3-16)6-9-27-10-7-23(8-11-27)15-21(23)26-22(28)18-12-19(24)14-20(25)13-18/h2-5,12-14,21H,6-11,15H2,1H3,(H,26,28). The van der Waals surface area contributed by atoms with Crippen molar-refractivity contribution in [2.75, 3.05) is 19.6 Å². The van der Waals surface area contributed by atoms with Crippen LogP contribution in [0.25, 0.3) is 0 Å². The maximum Gasteiger partial charge on any atom is 0.251 e. The summed E-state index contributed by atoms with van der Waals surface area (Å²) in [5, 5.41) is 4.17. The van der Waals surface area contributed by atoms with Crippen LogP contribution in [-0.2, 0) is 6.42 Å². The van der Waals surface area contributed by atoms with E-state index in [1.807, 2.05) is 0 Å². The number of nitrogens with one attached hydrogen (secondary N) is 1. The number of likely N-dealkylation sites (tertiary alicyclic amines) is 1. The Labute approximate surface area is 177 Å². The second-order valence-electron chi connectivity index (χ2n) is 8.33. The topological polar surface area (TPSA) is 32.3 Å². The summed E-state index contributed by atoms with van der Waals surface area (Å²) in [5.41, 5.74) is 3.54. The average Bonchev–Trinajstić information content (AvgIpc) is 3.33. The molecule has 5 heteroatoms. The molecule has 1 atom stereocenters. The van der Waals surface area contributed by atoms with Crippen LogP contribution >= 0.6 is 23.2 Å². The summed E-state index contributed by atoms with van der Waals surface area (Å²) < 4.78 is 0. The van der Waals surface area contributed by atoms with E-state index in [9.17, 15) is 4.79 Å². The predicted molar refractivity (Wildman–Crippen MR) is 115 cm³/mol. The molecule has 28 heavy (non-hydrogen) atoms. The van der Waals surface area contributed by atoms with Crippen LogP contribution in [-0.4, -0.2) is 36.5 Å². The molecule has 1 amide bonds. The van der Waals surface area contributed by atoms with Crippen molar-refractivity contribution >= 4 is 29.1 Å². The number of carbonyl (C=O) groups excluding carboxylic acids is 1. The van der Waals surface area contributed by atoms with E-state index in [-0.39, 0.29) is 11.9 Å². The van der Waals surface area contributed by atoms with Crippen LogP contribution in [0.3, 0.4) is 0 Å². The SMILES string of the molecule is Cc1ccc(CCN2CCC3(CC2)CC3NC(=O)c2cc(Cl)cc(Cl)c2)cc1. The normalized spacial score (nSPS) is 20.9. The number of benzene rings is 2. The smallest absolute Gasteiger partial charge is 0.251 e. The maximum atomic E-state index is 12.5. The third kappa shape index (κ3) is 4.53. The minimum atomic E-state index is -0.0759. The Balaban J connectivity index is 1.25. The summed E-state index contributed by atoms with van der Waals surface area (Å²) in [4.78, 5) is 15.1. The molecule has 0 bridgehead atoms. The van der Waals surface area contributed by atoms with Crippen LogP contribution in [0.1, 0.15) is 40.7 Å². The molecular formula is C23H26Cl2N2O. The summed E-state index contributed by atoms with van der Waals surface area (Å²) in [6, 6.07) is 14.1. The molecule has 1 spiro atoms. The van der Waals surface area contributed by atoms with Gasteiger partial charge in [-0.3, -0.25) is 4.79 Å². The first kappa shape index (κ1) is 19.8. The summed E-state index contributed by atoms with van der Waals surface area (Å²) in [6.45, 7) is 5.46. The molecule has 1 aliphatic heterocycles. The minimum absolute atomic E-state index is 0.0759. The molecular weight excluding hydrogens is 391 g/mol. The number of aryl methyl sites for hydroxylation is 1. The molecule has 0 radical (unpaired) electrons. The Bertz CT molecular complexity index is 837. The van der Waals surface area contributed by atoms with Crippen molar-refractivity contribution in [3.05, 3.63) is 69.2 Å². The molecule has 1 heterocycles. The van der Waals surface area contributed by atoms with Crippen molar-refractivity contribution in [2.45, 2.75) is 38.6 Å². The molecule has 1 saturated heterocycles. The van der Waals surface area contributed by atoms with Gasteiger partial charge in [0.05, 0.1) is 0 Å². The molecule has 1 aliphatic carbocycles. The number of nitrogens with zero attached hydrogens (tertiary/aromatic N) is 1. The van der Waals surface area contributed by atoms with Gasteiger partial charge in [-0.2, -0.15) is 0 Å². The minimum Gasteiger partial charge on any atom is -0.349 e. The Morgan fingerprint density at radius 1 is 1.11 bits per heavy atom. The third-order valence-corrected chi connectivity index (χ3v) is 6.75. The lowest BCUT2D eigenvalue weighted by atomic mass is 9.92. The van der Waals surface area contributed by atoms with Crippen molar-refractivity contribution in [3.63, 3.8) is 0 Å². The third-order valence-electron chi connectivity index (χ3n) is 6.31. The molecule has 148 valence electrons. The van der Waals surface area contributed by atoms with Crippen LogP contribution in [0.5, 0.6) is 0 Å². The summed E-state index contributed by atoms with van der Waals surface area (Å²) >= 11 is 12.0. The molecule has 2 aromatic rings. The fourth-order valence-electron chi connectivity index (χ4n) is 4.29. The molecule has 1 saturated carbocycles. The monoisotopic (exact) mass is 416 g/mol. The lowest BCUT2D eigenvalue weighted by molar-refractivity contribution is 0.0935. The van der Waals surface area contributed by atoms with E-state index in [4.69, 9.17) is 23.2 Å². The van der Waals surface area contributed by atoms with E-state index in [0.29, 0.717) is 21.0 Å². The van der Waals surface area contributed by atoms with E-state index in [1.165, 1.54) is 11.1 Å². The molecule has 3 nitrogen and oxygen atoms in total. The van der Waals surface area contributed by atoms with Gasteiger partial charge in [-0.25, -0.2) is 0 Å². The van der Waals surface area contributed by atoms with Crippen molar-refractivity contribution in [1.29, 1.82) is 0 Å². The highest BCUT2D eigenvalue weighted by Crippen LogP contribution is 2.54. The highest BCUT2D eigenvalue weighted by molar-refractivity contribution is 6.35. The fraction of sp³-hybridized carbons (Fsp3) is 0.435. The first-order valence-electron chi connectivity index (χ1n) is 9.98. The number of carbonyl (C=O) groups is 1. The fourth-order valence-corrected chi connectivity index (χ4v) is 4.82. The second kappa shape index (κ2) is 8.06. The van der Waals surface area contributed by atoms with Gasteiger partial charge in [0, 0.05) is 28.2 Å². The first-order valence-corrected chi connectivity index (χ1v) is 10.7. The zero-order valence-electron chi connectivity index (χ0n) is 16.2. The van der Waals surface area contributed by atoms with E-state index in [0.717, 1.165) is 45.3 Å². The van der Waals surface area contributed by atoms with Crippen molar-refractivity contribution < 1.29 is 4.79 Å². The number of amides is 1. The van der Waals surface area contributed by atoms with Gasteiger partial charge < -0.3 is 10.2 Å². The molecule has 1 unspecified atom stereocenters. The number of hydrogen-bond donors (Lipinski definition) is 1. The van der Waals surface area contributed by atoms with Crippen LogP contribution in [0.15, 0.2) is 42.5 Å². The average molecular weight is 417 g/mol. The van der Waals surface area contributed by atoms with Crippen molar-refractivity contribution in [3.8, 4) is 0 Å². The van der Waals surface area contributed by atoms with Gasteiger partial charge >= 0.3 is 0 Å². The van der Waals surface area contributed by atoms with E-state index in [1.54, 1.807) is 18.2 Å². The quantitative estimate of drug-likeness (QED) is 0.732. The van der Waals surface area contributed by atoms with Gasteiger partial charge in [0.1, 0.15) is 0 Å². The Morgan fingerprint density at radius 2 is 1.75 bits per heavy atom. The van der Waals surface area contributed by atoms with E-state index in [2.05, 4.69) is 41.4 Å². The lowest BCUT2D eigenvalue weighted by Crippen LogP contribution is -2.39. The van der Waals surface area contributed by atoms with Crippen LogP contribution in [0, 0.1) is 12.3 Å². The lowest BCUT2D eigenvalue weighted by Gasteiger charge is -2.33. The van der Waals surface area contributed by atoms with Crippen LogP contribution < -0.4 is 5.32 Å². The Kier molecular flexibility index (Phi) is 5.69. The summed E-state index contributed by atoms with van der Waals surface area (Å²) in [6.07, 6.45) is 4.49. The van der Waals surface area contributed by atoms with Gasteiger partial charge in [0.15, 0.2) is 0 Å².